The van der Waals surface area contributed by atoms with Gasteiger partial charge in [0.2, 0.25) is 11.8 Å². The fraction of sp³-hybridized carbons (Fsp3) is 0.238. The van der Waals surface area contributed by atoms with E-state index in [0.29, 0.717) is 28.5 Å². The summed E-state index contributed by atoms with van der Waals surface area (Å²) in [6.45, 7) is -0.105. The molecule has 1 unspecified atom stereocenters. The van der Waals surface area contributed by atoms with E-state index in [-0.39, 0.29) is 24.2 Å². The van der Waals surface area contributed by atoms with Crippen LogP contribution in [0.5, 0.6) is 0 Å². The number of nitrogens with one attached hydrogen (secondary N) is 1. The van der Waals surface area contributed by atoms with Gasteiger partial charge in [0, 0.05) is 11.4 Å². The summed E-state index contributed by atoms with van der Waals surface area (Å²) in [6.07, 6.45) is 1.76. The molecule has 2 aromatic carbocycles. The first-order chi connectivity index (χ1) is 14.4. The van der Waals surface area contributed by atoms with Crippen molar-refractivity contribution in [1.29, 1.82) is 0 Å². The quantitative estimate of drug-likeness (QED) is 0.618. The molecule has 1 saturated heterocycles. The highest BCUT2D eigenvalue weighted by Crippen LogP contribution is 2.34. The summed E-state index contributed by atoms with van der Waals surface area (Å²) in [5.74, 6) is 0.0686. The molecule has 0 radical (unpaired) electrons. The van der Waals surface area contributed by atoms with Crippen molar-refractivity contribution < 1.29 is 14.0 Å². The normalized spacial score (nSPS) is 20.5. The molecule has 0 saturated carbocycles. The van der Waals surface area contributed by atoms with Crippen molar-refractivity contribution in [2.75, 3.05) is 0 Å². The first-order valence-corrected chi connectivity index (χ1v) is 10.2. The van der Waals surface area contributed by atoms with Crippen LogP contribution in [0.1, 0.15) is 23.4 Å². The monoisotopic (exact) mass is 442 g/mol. The Hall–Kier alpha value is -2.90. The minimum Gasteiger partial charge on any atom is -0.419 e. The van der Waals surface area contributed by atoms with Gasteiger partial charge in [-0.2, -0.15) is 0 Å². The molecule has 9 heteroatoms. The molecule has 152 valence electrons. The largest absolute Gasteiger partial charge is 0.419 e. The van der Waals surface area contributed by atoms with Crippen molar-refractivity contribution in [3.8, 4) is 11.5 Å². The molecule has 30 heavy (non-hydrogen) atoms. The summed E-state index contributed by atoms with van der Waals surface area (Å²) in [6, 6.07) is 12.4. The topological polar surface area (TPSA) is 88.3 Å². The minimum absolute atomic E-state index is 0.105. The average Bonchev–Trinajstić information content (AvgIpc) is 3.27. The van der Waals surface area contributed by atoms with Crippen LogP contribution in [0.4, 0.5) is 4.79 Å². The summed E-state index contributed by atoms with van der Waals surface area (Å²) >= 11 is 12.1. The van der Waals surface area contributed by atoms with Crippen LogP contribution in [0.2, 0.25) is 10.0 Å². The number of halogens is 2. The maximum absolute atomic E-state index is 13.2. The van der Waals surface area contributed by atoms with E-state index in [4.69, 9.17) is 27.6 Å². The number of benzene rings is 2. The average molecular weight is 443 g/mol. The summed E-state index contributed by atoms with van der Waals surface area (Å²) in [5.41, 5.74) is 1.90. The lowest BCUT2D eigenvalue weighted by atomic mass is 9.78. The zero-order chi connectivity index (χ0) is 20.9. The molecule has 5 rings (SSSR count). The number of aryl methyl sites for hydroxylation is 1. The number of carbonyl (C=O) groups excluding carboxylic acids is 2. The third kappa shape index (κ3) is 3.14. The lowest BCUT2D eigenvalue weighted by Gasteiger charge is -2.32. The first kappa shape index (κ1) is 19.1. The van der Waals surface area contributed by atoms with Crippen LogP contribution in [0.25, 0.3) is 11.5 Å². The highest BCUT2D eigenvalue weighted by molar-refractivity contribution is 6.36. The molecule has 3 aromatic rings. The number of amides is 3. The minimum atomic E-state index is -0.923. The van der Waals surface area contributed by atoms with Gasteiger partial charge in [-0.3, -0.25) is 9.69 Å². The zero-order valence-corrected chi connectivity index (χ0v) is 17.2. The number of hydrogen-bond donors (Lipinski definition) is 1. The fourth-order valence-electron chi connectivity index (χ4n) is 4.07. The molecule has 1 aliphatic heterocycles. The predicted molar refractivity (Wildman–Crippen MR) is 110 cm³/mol. The Bertz CT molecular complexity index is 1180. The maximum atomic E-state index is 13.2. The van der Waals surface area contributed by atoms with Crippen molar-refractivity contribution in [2.24, 2.45) is 0 Å². The lowest BCUT2D eigenvalue weighted by Crippen LogP contribution is -2.51. The standard InChI is InChI=1S/C21H16Cl2N4O3/c22-14-5-6-15(16(23)9-14)18-26-25-17(30-18)11-27-19(28)21(24-20(27)29)8-7-12-3-1-2-4-13(12)10-21/h1-6,9H,7-8,10-11H2,(H,24,29). The Morgan fingerprint density at radius 1 is 1.10 bits per heavy atom. The third-order valence-corrected chi connectivity index (χ3v) is 6.15. The molecule has 3 amide bonds. The van der Waals surface area contributed by atoms with Gasteiger partial charge in [-0.15, -0.1) is 10.2 Å². The van der Waals surface area contributed by atoms with Gasteiger partial charge in [0.05, 0.1) is 10.6 Å². The molecule has 2 heterocycles. The van der Waals surface area contributed by atoms with Crippen molar-refractivity contribution in [2.45, 2.75) is 31.3 Å². The number of urea groups is 1. The molecular formula is C21H16Cl2N4O3. The second-order valence-corrected chi connectivity index (χ2v) is 8.32. The summed E-state index contributed by atoms with van der Waals surface area (Å²) < 4.78 is 5.66. The number of hydrogen-bond acceptors (Lipinski definition) is 5. The molecule has 2 aliphatic rings. The lowest BCUT2D eigenvalue weighted by molar-refractivity contribution is -0.132. The number of nitrogens with zero attached hydrogens (tertiary/aromatic N) is 3. The van der Waals surface area contributed by atoms with Gasteiger partial charge in [-0.25, -0.2) is 4.79 Å². The van der Waals surface area contributed by atoms with Crippen molar-refractivity contribution >= 4 is 35.1 Å². The molecule has 7 nitrogen and oxygen atoms in total. The van der Waals surface area contributed by atoms with E-state index in [2.05, 4.69) is 21.6 Å². The summed E-state index contributed by atoms with van der Waals surface area (Å²) in [7, 11) is 0. The van der Waals surface area contributed by atoms with Crippen LogP contribution in [-0.4, -0.2) is 32.6 Å². The molecule has 1 N–H and O–H groups in total. The molecule has 0 bridgehead atoms. The Kier molecular flexibility index (Phi) is 4.52. The van der Waals surface area contributed by atoms with Gasteiger partial charge in [0.15, 0.2) is 0 Å². The van der Waals surface area contributed by atoms with Crippen LogP contribution in [0.15, 0.2) is 46.9 Å². The van der Waals surface area contributed by atoms with E-state index < -0.39 is 11.6 Å². The second kappa shape index (κ2) is 7.11. The highest BCUT2D eigenvalue weighted by atomic mass is 35.5. The Labute approximate surface area is 182 Å². The van der Waals surface area contributed by atoms with Gasteiger partial charge < -0.3 is 9.73 Å². The van der Waals surface area contributed by atoms with E-state index in [1.807, 2.05) is 18.2 Å². The smallest absolute Gasteiger partial charge is 0.325 e. The van der Waals surface area contributed by atoms with E-state index in [1.54, 1.807) is 18.2 Å². The predicted octanol–water partition coefficient (Wildman–Crippen LogP) is 4.02. The van der Waals surface area contributed by atoms with Crippen LogP contribution < -0.4 is 5.32 Å². The maximum Gasteiger partial charge on any atom is 0.325 e. The highest BCUT2D eigenvalue weighted by Gasteiger charge is 2.52. The number of fused-ring (bicyclic) bond motifs is 1. The van der Waals surface area contributed by atoms with Crippen molar-refractivity contribution in [3.05, 3.63) is 69.5 Å². The molecule has 1 aliphatic carbocycles. The number of rotatable bonds is 3. The van der Waals surface area contributed by atoms with Crippen LogP contribution in [-0.2, 0) is 24.2 Å². The second-order valence-electron chi connectivity index (χ2n) is 7.47. The van der Waals surface area contributed by atoms with Crippen LogP contribution >= 0.6 is 23.2 Å². The fourth-order valence-corrected chi connectivity index (χ4v) is 4.56. The van der Waals surface area contributed by atoms with Gasteiger partial charge in [-0.1, -0.05) is 47.5 Å². The zero-order valence-electron chi connectivity index (χ0n) is 15.7. The van der Waals surface area contributed by atoms with E-state index >= 15 is 0 Å². The van der Waals surface area contributed by atoms with Crippen LogP contribution in [0, 0.1) is 0 Å². The Balaban J connectivity index is 1.37. The Morgan fingerprint density at radius 3 is 2.70 bits per heavy atom. The van der Waals surface area contributed by atoms with Gasteiger partial charge in [-0.05, 0) is 42.2 Å². The number of imide groups is 1. The first-order valence-electron chi connectivity index (χ1n) is 9.44. The third-order valence-electron chi connectivity index (χ3n) is 5.60. The molecule has 1 aromatic heterocycles. The number of carbonyl (C=O) groups is 2. The SMILES string of the molecule is O=C1NC2(CCc3ccccc3C2)C(=O)N1Cc1nnc(-c2ccc(Cl)cc2Cl)o1. The molecule has 1 fully saturated rings. The molecular weight excluding hydrogens is 427 g/mol. The summed E-state index contributed by atoms with van der Waals surface area (Å²) in [4.78, 5) is 26.9. The summed E-state index contributed by atoms with van der Waals surface area (Å²) in [5, 5.41) is 11.7. The molecule has 1 spiro atoms. The van der Waals surface area contributed by atoms with E-state index in [0.717, 1.165) is 16.9 Å². The van der Waals surface area contributed by atoms with Gasteiger partial charge in [0.25, 0.3) is 5.91 Å². The van der Waals surface area contributed by atoms with Crippen molar-refractivity contribution in [1.82, 2.24) is 20.4 Å². The van der Waals surface area contributed by atoms with E-state index in [9.17, 15) is 9.59 Å². The van der Waals surface area contributed by atoms with Gasteiger partial charge in [0.1, 0.15) is 12.1 Å². The number of aromatic nitrogens is 2. The van der Waals surface area contributed by atoms with Gasteiger partial charge >= 0.3 is 6.03 Å². The molecule has 1 atom stereocenters. The van der Waals surface area contributed by atoms with Crippen LogP contribution in [0.3, 0.4) is 0 Å². The van der Waals surface area contributed by atoms with Crippen molar-refractivity contribution in [3.63, 3.8) is 0 Å². The van der Waals surface area contributed by atoms with E-state index in [1.165, 1.54) is 5.56 Å². The Morgan fingerprint density at radius 2 is 1.90 bits per heavy atom.